The predicted molar refractivity (Wildman–Crippen MR) is 144 cm³/mol. The molecule has 1 aliphatic heterocycles. The number of benzene rings is 1. The zero-order valence-electron chi connectivity index (χ0n) is 23.1. The maximum atomic E-state index is 14.4. The maximum absolute atomic E-state index is 14.4. The lowest BCUT2D eigenvalue weighted by molar-refractivity contribution is -0.140. The predicted octanol–water partition coefficient (Wildman–Crippen LogP) is 4.15. The Balaban J connectivity index is 1.42. The molecule has 3 aromatic rings. The highest BCUT2D eigenvalue weighted by atomic mass is 19.1. The summed E-state index contributed by atoms with van der Waals surface area (Å²) in [6, 6.07) is 4.06. The van der Waals surface area contributed by atoms with Gasteiger partial charge < -0.3 is 10.2 Å². The normalized spacial score (nSPS) is 22.4. The van der Waals surface area contributed by atoms with Gasteiger partial charge in [0.2, 0.25) is 11.8 Å². The van der Waals surface area contributed by atoms with E-state index in [4.69, 9.17) is 0 Å². The van der Waals surface area contributed by atoms with Crippen LogP contribution in [0.15, 0.2) is 42.0 Å². The Morgan fingerprint density at radius 3 is 2.46 bits per heavy atom. The first-order valence-corrected chi connectivity index (χ1v) is 13.1. The molecule has 9 nitrogen and oxygen atoms in total. The summed E-state index contributed by atoms with van der Waals surface area (Å²) in [5, 5.41) is 7.87. The molecular formula is C29H33FN6O3. The van der Waals surface area contributed by atoms with Crippen LogP contribution in [0.2, 0.25) is 0 Å². The quantitative estimate of drug-likeness (QED) is 0.458. The van der Waals surface area contributed by atoms with Gasteiger partial charge in [0.05, 0.1) is 11.6 Å². The number of amides is 2. The number of nitrogens with zero attached hydrogens (tertiary/aromatic N) is 5. The van der Waals surface area contributed by atoms with E-state index in [2.05, 4.69) is 27.3 Å². The van der Waals surface area contributed by atoms with Crippen molar-refractivity contribution in [3.05, 3.63) is 53.5 Å². The monoisotopic (exact) mass is 532 g/mol. The number of halogens is 1. The van der Waals surface area contributed by atoms with E-state index in [0.717, 1.165) is 17.5 Å². The molecule has 1 saturated heterocycles. The summed E-state index contributed by atoms with van der Waals surface area (Å²) in [5.41, 5.74) is 2.92. The number of Topliss-reactive ketones (excluding diaryl/α,β-unsaturated/α-hetero) is 1. The summed E-state index contributed by atoms with van der Waals surface area (Å²) in [6.07, 6.45) is 4.79. The number of piperidine rings is 1. The standard InChI is InChI=1S/C29H33FN6O3/c1-15(2)26(30)16(3)33-28(39)23-10-29(6)11-24(29)36(23)25(38)14-35-22-8-7-19(20-12-31-18(5)32-13-20)9-21(22)27(34-35)17(4)37/h7-9,12-13,16,23-24H,10-11,14H2,1-6H3,(H,33,39)/t16-,23+,24-,29+/m1/s1. The Kier molecular flexibility index (Phi) is 6.60. The first kappa shape index (κ1) is 26.6. The summed E-state index contributed by atoms with van der Waals surface area (Å²) >= 11 is 0. The Hall–Kier alpha value is -3.95. The number of carbonyl (C=O) groups is 3. The number of nitrogens with one attached hydrogen (secondary N) is 1. The Bertz CT molecular complexity index is 1520. The third kappa shape index (κ3) is 4.84. The molecule has 4 atom stereocenters. The highest BCUT2D eigenvalue weighted by Gasteiger charge is 2.64. The van der Waals surface area contributed by atoms with Gasteiger partial charge in [0.1, 0.15) is 29.9 Å². The number of aryl methyl sites for hydroxylation is 1. The number of allylic oxidation sites excluding steroid dienone is 1. The molecule has 1 saturated carbocycles. The molecule has 0 radical (unpaired) electrons. The van der Waals surface area contributed by atoms with Gasteiger partial charge in [-0.25, -0.2) is 14.4 Å². The SMILES string of the molecule is CC(=O)c1nn(CC(=O)N2[C@H](C(=O)N[C@H](C)C(F)=C(C)C)C[C@@]3(C)C[C@@H]23)c2ccc(-c3cnc(C)nc3)cc12. The number of carbonyl (C=O) groups excluding carboxylic acids is 3. The van der Waals surface area contributed by atoms with Crippen LogP contribution in [0, 0.1) is 12.3 Å². The Labute approximate surface area is 226 Å². The zero-order valence-corrected chi connectivity index (χ0v) is 23.1. The van der Waals surface area contributed by atoms with Crippen LogP contribution in [-0.2, 0) is 16.1 Å². The lowest BCUT2D eigenvalue weighted by atomic mass is 10.0. The summed E-state index contributed by atoms with van der Waals surface area (Å²) in [6.45, 7) is 10.1. The van der Waals surface area contributed by atoms with Gasteiger partial charge in [0, 0.05) is 36.3 Å². The van der Waals surface area contributed by atoms with Gasteiger partial charge in [0.25, 0.3) is 0 Å². The van der Waals surface area contributed by atoms with E-state index in [0.29, 0.717) is 28.7 Å². The molecule has 204 valence electrons. The topological polar surface area (TPSA) is 110 Å². The first-order valence-electron chi connectivity index (χ1n) is 13.1. The smallest absolute Gasteiger partial charge is 0.245 e. The minimum atomic E-state index is -0.773. The van der Waals surface area contributed by atoms with Crippen molar-refractivity contribution in [2.24, 2.45) is 5.41 Å². The van der Waals surface area contributed by atoms with Crippen LogP contribution < -0.4 is 5.32 Å². The molecule has 2 aromatic heterocycles. The van der Waals surface area contributed by atoms with Crippen molar-refractivity contribution >= 4 is 28.5 Å². The lowest BCUT2D eigenvalue weighted by Gasteiger charge is -2.28. The summed E-state index contributed by atoms with van der Waals surface area (Å²) in [4.78, 5) is 49.5. The Morgan fingerprint density at radius 1 is 1.13 bits per heavy atom. The molecule has 3 heterocycles. The number of aromatic nitrogens is 4. The summed E-state index contributed by atoms with van der Waals surface area (Å²) in [7, 11) is 0. The van der Waals surface area contributed by atoms with E-state index in [1.807, 2.05) is 25.1 Å². The minimum Gasteiger partial charge on any atom is -0.345 e. The molecule has 39 heavy (non-hydrogen) atoms. The Morgan fingerprint density at radius 2 is 1.82 bits per heavy atom. The van der Waals surface area contributed by atoms with Gasteiger partial charge in [0.15, 0.2) is 5.78 Å². The van der Waals surface area contributed by atoms with Crippen LogP contribution in [-0.4, -0.2) is 60.4 Å². The van der Waals surface area contributed by atoms with Crippen molar-refractivity contribution in [1.82, 2.24) is 30.0 Å². The van der Waals surface area contributed by atoms with Crippen molar-refractivity contribution in [3.63, 3.8) is 0 Å². The molecule has 0 unspecified atom stereocenters. The van der Waals surface area contributed by atoms with E-state index < -0.39 is 12.1 Å². The number of hydrogen-bond donors (Lipinski definition) is 1. The molecule has 0 spiro atoms. The van der Waals surface area contributed by atoms with Gasteiger partial charge in [-0.05, 0) is 69.2 Å². The molecule has 2 fully saturated rings. The molecule has 1 aliphatic carbocycles. The van der Waals surface area contributed by atoms with Crippen LogP contribution in [0.4, 0.5) is 4.39 Å². The average Bonchev–Trinajstić information content (AvgIpc) is 3.25. The average molecular weight is 533 g/mol. The van der Waals surface area contributed by atoms with Crippen LogP contribution in [0.5, 0.6) is 0 Å². The third-order valence-electron chi connectivity index (χ3n) is 7.93. The zero-order chi connectivity index (χ0) is 28.2. The van der Waals surface area contributed by atoms with Gasteiger partial charge in [-0.3, -0.25) is 19.1 Å². The van der Waals surface area contributed by atoms with E-state index >= 15 is 0 Å². The van der Waals surface area contributed by atoms with Gasteiger partial charge in [-0.1, -0.05) is 13.0 Å². The highest BCUT2D eigenvalue weighted by Crippen LogP contribution is 2.59. The van der Waals surface area contributed by atoms with Crippen LogP contribution in [0.25, 0.3) is 22.0 Å². The van der Waals surface area contributed by atoms with E-state index in [-0.39, 0.29) is 47.1 Å². The molecule has 2 amide bonds. The second-order valence-electron chi connectivity index (χ2n) is 11.3. The number of fused-ring (bicyclic) bond motifs is 2. The first-order chi connectivity index (χ1) is 18.4. The molecular weight excluding hydrogens is 499 g/mol. The minimum absolute atomic E-state index is 0.0494. The van der Waals surface area contributed by atoms with Crippen molar-refractivity contribution in [3.8, 4) is 11.1 Å². The van der Waals surface area contributed by atoms with E-state index in [1.54, 1.807) is 38.1 Å². The molecule has 10 heteroatoms. The largest absolute Gasteiger partial charge is 0.345 e. The van der Waals surface area contributed by atoms with E-state index in [9.17, 15) is 18.8 Å². The molecule has 1 aromatic carbocycles. The van der Waals surface area contributed by atoms with Crippen molar-refractivity contribution < 1.29 is 18.8 Å². The third-order valence-corrected chi connectivity index (χ3v) is 7.93. The van der Waals surface area contributed by atoms with E-state index in [1.165, 1.54) is 11.6 Å². The number of hydrogen-bond acceptors (Lipinski definition) is 6. The van der Waals surface area contributed by atoms with Gasteiger partial charge in [-0.15, -0.1) is 0 Å². The van der Waals surface area contributed by atoms with Crippen LogP contribution >= 0.6 is 0 Å². The van der Waals surface area contributed by atoms with Crippen molar-refractivity contribution in [2.75, 3.05) is 0 Å². The summed E-state index contributed by atoms with van der Waals surface area (Å²) in [5.74, 6) is -0.556. The molecule has 5 rings (SSSR count). The fourth-order valence-corrected chi connectivity index (χ4v) is 5.66. The maximum Gasteiger partial charge on any atom is 0.245 e. The summed E-state index contributed by atoms with van der Waals surface area (Å²) < 4.78 is 15.9. The fraction of sp³-hybridized carbons (Fsp3) is 0.448. The van der Waals surface area contributed by atoms with Crippen molar-refractivity contribution in [2.45, 2.75) is 79.1 Å². The molecule has 2 aliphatic rings. The number of ketones is 1. The van der Waals surface area contributed by atoms with Gasteiger partial charge >= 0.3 is 0 Å². The van der Waals surface area contributed by atoms with Crippen LogP contribution in [0.3, 0.4) is 0 Å². The fourth-order valence-electron chi connectivity index (χ4n) is 5.66. The number of rotatable bonds is 7. The van der Waals surface area contributed by atoms with Gasteiger partial charge in [-0.2, -0.15) is 5.10 Å². The second kappa shape index (κ2) is 9.66. The highest BCUT2D eigenvalue weighted by molar-refractivity contribution is 6.06. The number of likely N-dealkylation sites (tertiary alicyclic amines) is 1. The second-order valence-corrected chi connectivity index (χ2v) is 11.3. The molecule has 1 N–H and O–H groups in total. The van der Waals surface area contributed by atoms with Crippen LogP contribution in [0.1, 0.15) is 63.8 Å². The molecule has 0 bridgehead atoms. The van der Waals surface area contributed by atoms with Crippen molar-refractivity contribution in [1.29, 1.82) is 0 Å². The lowest BCUT2D eigenvalue weighted by Crippen LogP contribution is -2.50.